The van der Waals surface area contributed by atoms with E-state index in [1.807, 2.05) is 104 Å². The minimum atomic E-state index is 0.636. The quantitative estimate of drug-likeness (QED) is 0.194. The number of nitrogens with zero attached hydrogens (tertiary/aromatic N) is 5. The van der Waals surface area contributed by atoms with E-state index in [4.69, 9.17) is 24.4 Å². The van der Waals surface area contributed by atoms with Gasteiger partial charge in [-0.2, -0.15) is 0 Å². The molecule has 6 heteroatoms. The molecule has 0 saturated carbocycles. The first-order chi connectivity index (χ1) is 22.3. The molecule has 5 heterocycles. The van der Waals surface area contributed by atoms with Crippen LogP contribution in [0.15, 0.2) is 144 Å². The van der Waals surface area contributed by atoms with Crippen molar-refractivity contribution in [1.29, 1.82) is 0 Å². The van der Waals surface area contributed by atoms with Crippen molar-refractivity contribution in [2.75, 3.05) is 0 Å². The first kappa shape index (κ1) is 25.2. The summed E-state index contributed by atoms with van der Waals surface area (Å²) < 4.78 is 6.57. The fourth-order valence-electron chi connectivity index (χ4n) is 6.15. The predicted molar refractivity (Wildman–Crippen MR) is 179 cm³/mol. The average Bonchev–Trinajstić information content (AvgIpc) is 3.51. The Hall–Kier alpha value is -6.27. The molecule has 0 atom stereocenters. The fraction of sp³-hybridized carbons (Fsp3) is 0. The number of furan rings is 1. The van der Waals surface area contributed by atoms with Gasteiger partial charge in [-0.25, -0.2) is 15.0 Å². The summed E-state index contributed by atoms with van der Waals surface area (Å²) in [6.45, 7) is 0. The number of hydrogen-bond donors (Lipinski definition) is 0. The maximum atomic E-state index is 6.57. The third kappa shape index (κ3) is 4.15. The van der Waals surface area contributed by atoms with Gasteiger partial charge in [0.15, 0.2) is 5.82 Å². The normalized spacial score (nSPS) is 11.6. The summed E-state index contributed by atoms with van der Waals surface area (Å²) in [5.74, 6) is 0.636. The molecule has 4 aromatic carbocycles. The molecule has 0 amide bonds. The summed E-state index contributed by atoms with van der Waals surface area (Å²) in [5, 5.41) is 4.94. The van der Waals surface area contributed by atoms with Crippen LogP contribution in [0.25, 0.3) is 88.8 Å². The highest BCUT2D eigenvalue weighted by Crippen LogP contribution is 2.42. The third-order valence-electron chi connectivity index (χ3n) is 8.25. The second-order valence-electron chi connectivity index (χ2n) is 10.9. The molecular formula is C39H23N5O. The van der Waals surface area contributed by atoms with Crippen LogP contribution in [0.3, 0.4) is 0 Å². The van der Waals surface area contributed by atoms with Crippen molar-refractivity contribution in [3.05, 3.63) is 140 Å². The Morgan fingerprint density at radius 2 is 1.22 bits per heavy atom. The van der Waals surface area contributed by atoms with Crippen LogP contribution in [-0.4, -0.2) is 24.9 Å². The van der Waals surface area contributed by atoms with Crippen LogP contribution in [0, 0.1) is 0 Å². The molecule has 0 aliphatic carbocycles. The van der Waals surface area contributed by atoms with E-state index < -0.39 is 0 Å². The largest absolute Gasteiger partial charge is 0.455 e. The number of pyridine rings is 3. The zero-order chi connectivity index (χ0) is 29.7. The van der Waals surface area contributed by atoms with Gasteiger partial charge in [0.1, 0.15) is 11.2 Å². The van der Waals surface area contributed by atoms with Crippen molar-refractivity contribution in [3.8, 4) is 45.2 Å². The minimum absolute atomic E-state index is 0.636. The Bertz CT molecular complexity index is 2470. The van der Waals surface area contributed by atoms with Gasteiger partial charge < -0.3 is 4.42 Å². The maximum Gasteiger partial charge on any atom is 0.160 e. The lowest BCUT2D eigenvalue weighted by Crippen LogP contribution is -1.98. The van der Waals surface area contributed by atoms with Gasteiger partial charge in [0.05, 0.1) is 22.6 Å². The van der Waals surface area contributed by atoms with Crippen LogP contribution in [-0.2, 0) is 0 Å². The van der Waals surface area contributed by atoms with Gasteiger partial charge in [0.25, 0.3) is 0 Å². The van der Waals surface area contributed by atoms with Gasteiger partial charge in [-0.05, 0) is 30.3 Å². The molecular weight excluding hydrogens is 554 g/mol. The van der Waals surface area contributed by atoms with Gasteiger partial charge >= 0.3 is 0 Å². The number of aromatic nitrogens is 5. The van der Waals surface area contributed by atoms with Crippen LogP contribution in [0.4, 0.5) is 0 Å². The average molecular weight is 578 g/mol. The summed E-state index contributed by atoms with van der Waals surface area (Å²) in [5.41, 5.74) is 8.47. The molecule has 45 heavy (non-hydrogen) atoms. The highest BCUT2D eigenvalue weighted by atomic mass is 16.3. The van der Waals surface area contributed by atoms with Crippen molar-refractivity contribution in [3.63, 3.8) is 0 Å². The number of hydrogen-bond acceptors (Lipinski definition) is 6. The molecule has 6 nitrogen and oxygen atoms in total. The molecule has 0 bridgehead atoms. The van der Waals surface area contributed by atoms with Gasteiger partial charge in [-0.1, -0.05) is 84.9 Å². The molecule has 0 aliphatic heterocycles. The van der Waals surface area contributed by atoms with Crippen molar-refractivity contribution >= 4 is 43.6 Å². The first-order valence-corrected chi connectivity index (χ1v) is 14.7. The molecule has 0 N–H and O–H groups in total. The van der Waals surface area contributed by atoms with Crippen LogP contribution in [0.5, 0.6) is 0 Å². The second-order valence-corrected chi connectivity index (χ2v) is 10.9. The molecule has 0 radical (unpaired) electrons. The summed E-state index contributed by atoms with van der Waals surface area (Å²) in [6, 6.07) is 38.6. The van der Waals surface area contributed by atoms with Crippen LogP contribution in [0.2, 0.25) is 0 Å². The van der Waals surface area contributed by atoms with Crippen molar-refractivity contribution in [1.82, 2.24) is 24.9 Å². The summed E-state index contributed by atoms with van der Waals surface area (Å²) in [6.07, 6.45) is 7.35. The van der Waals surface area contributed by atoms with E-state index in [2.05, 4.69) is 35.3 Å². The van der Waals surface area contributed by atoms with E-state index in [1.165, 1.54) is 0 Å². The first-order valence-electron chi connectivity index (χ1n) is 14.7. The summed E-state index contributed by atoms with van der Waals surface area (Å²) in [4.78, 5) is 24.6. The molecule has 9 rings (SSSR count). The lowest BCUT2D eigenvalue weighted by atomic mass is 9.97. The predicted octanol–water partition coefficient (Wildman–Crippen LogP) is 9.54. The Morgan fingerprint density at radius 3 is 2.04 bits per heavy atom. The lowest BCUT2D eigenvalue weighted by molar-refractivity contribution is 0.673. The number of rotatable bonds is 4. The van der Waals surface area contributed by atoms with Crippen LogP contribution in [0.1, 0.15) is 0 Å². The zero-order valence-corrected chi connectivity index (χ0v) is 23.9. The zero-order valence-electron chi connectivity index (χ0n) is 23.9. The Kier molecular flexibility index (Phi) is 5.71. The van der Waals surface area contributed by atoms with Crippen LogP contribution < -0.4 is 0 Å². The molecule has 0 spiro atoms. The van der Waals surface area contributed by atoms with Gasteiger partial charge in [0, 0.05) is 74.0 Å². The molecule has 0 unspecified atom stereocenters. The Morgan fingerprint density at radius 1 is 0.489 bits per heavy atom. The molecule has 210 valence electrons. The summed E-state index contributed by atoms with van der Waals surface area (Å²) >= 11 is 0. The van der Waals surface area contributed by atoms with Crippen molar-refractivity contribution < 1.29 is 4.42 Å². The van der Waals surface area contributed by atoms with Gasteiger partial charge in [0.2, 0.25) is 0 Å². The van der Waals surface area contributed by atoms with E-state index in [-0.39, 0.29) is 0 Å². The Labute approximate surface area is 257 Å². The molecule has 0 aliphatic rings. The van der Waals surface area contributed by atoms with E-state index in [0.717, 1.165) is 82.9 Å². The monoisotopic (exact) mass is 577 g/mol. The number of benzene rings is 4. The molecule has 0 saturated heterocycles. The standard InChI is InChI=1S/C39H23N5O/c1-3-10-24(11-4-1)32-20-33(43-39(42-32)25-12-5-2-6-13-25)30-22-41-23-31-35-29(36(44-37(30)31)26-14-9-19-40-21-26)18-17-28-27-15-7-8-16-34(27)45-38(28)35/h1-23H. The molecule has 9 aromatic rings. The fourth-order valence-corrected chi connectivity index (χ4v) is 6.15. The minimum Gasteiger partial charge on any atom is -0.455 e. The lowest BCUT2D eigenvalue weighted by Gasteiger charge is -2.14. The SMILES string of the molecule is c1ccc(-c2cc(-c3cncc4c3nc(-c3cccnc3)c3ccc5c6ccccc6oc5c34)nc(-c3ccccc3)n2)cc1. The van der Waals surface area contributed by atoms with E-state index in [9.17, 15) is 0 Å². The highest BCUT2D eigenvalue weighted by Gasteiger charge is 2.21. The van der Waals surface area contributed by atoms with Crippen LogP contribution >= 0.6 is 0 Å². The van der Waals surface area contributed by atoms with E-state index in [1.54, 1.807) is 6.20 Å². The summed E-state index contributed by atoms with van der Waals surface area (Å²) in [7, 11) is 0. The maximum absolute atomic E-state index is 6.57. The third-order valence-corrected chi connectivity index (χ3v) is 8.25. The van der Waals surface area contributed by atoms with Crippen molar-refractivity contribution in [2.45, 2.75) is 0 Å². The topological polar surface area (TPSA) is 77.6 Å². The smallest absolute Gasteiger partial charge is 0.160 e. The Balaban J connectivity index is 1.40. The number of para-hydroxylation sites is 1. The highest BCUT2D eigenvalue weighted by molar-refractivity contribution is 6.25. The molecule has 0 fully saturated rings. The van der Waals surface area contributed by atoms with Gasteiger partial charge in [-0.3, -0.25) is 9.97 Å². The molecule has 5 aromatic heterocycles. The second kappa shape index (κ2) is 10.2. The van der Waals surface area contributed by atoms with Crippen molar-refractivity contribution in [2.24, 2.45) is 0 Å². The number of fused-ring (bicyclic) bond motifs is 7. The van der Waals surface area contributed by atoms with Gasteiger partial charge in [-0.15, -0.1) is 0 Å². The van der Waals surface area contributed by atoms with E-state index in [0.29, 0.717) is 5.82 Å². The van der Waals surface area contributed by atoms with E-state index >= 15 is 0 Å².